The highest BCUT2D eigenvalue weighted by atomic mass is 79.9. The van der Waals surface area contributed by atoms with Crippen LogP contribution in [0.5, 0.6) is 0 Å². The van der Waals surface area contributed by atoms with Crippen molar-refractivity contribution in [2.45, 2.75) is 70.9 Å². The van der Waals surface area contributed by atoms with Crippen LogP contribution in [0.25, 0.3) is 5.69 Å². The lowest BCUT2D eigenvalue weighted by Gasteiger charge is -2.36. The van der Waals surface area contributed by atoms with E-state index in [0.29, 0.717) is 42.6 Å². The van der Waals surface area contributed by atoms with E-state index in [-0.39, 0.29) is 58.0 Å². The van der Waals surface area contributed by atoms with Gasteiger partial charge in [-0.05, 0) is 102 Å². The molecular formula is C39H44BrClN6O6S. The zero-order valence-electron chi connectivity index (χ0n) is 30.7. The Hall–Kier alpha value is -4.24. The van der Waals surface area contributed by atoms with Gasteiger partial charge in [0.05, 0.1) is 45.2 Å². The molecule has 0 spiro atoms. The van der Waals surface area contributed by atoms with Crippen molar-refractivity contribution in [3.8, 4) is 5.69 Å². The Morgan fingerprint density at radius 2 is 1.70 bits per heavy atom. The number of aliphatic hydroxyl groups is 1. The van der Waals surface area contributed by atoms with Crippen molar-refractivity contribution in [3.05, 3.63) is 103 Å². The Bertz CT molecular complexity index is 2220. The number of amides is 3. The molecule has 0 radical (unpaired) electrons. The van der Waals surface area contributed by atoms with Crippen LogP contribution in [0.3, 0.4) is 0 Å². The van der Waals surface area contributed by atoms with Crippen LogP contribution in [0, 0.1) is 6.92 Å². The molecule has 4 aromatic rings. The molecule has 0 saturated heterocycles. The van der Waals surface area contributed by atoms with Crippen molar-refractivity contribution in [2.75, 3.05) is 38.1 Å². The van der Waals surface area contributed by atoms with Crippen molar-refractivity contribution in [3.63, 3.8) is 0 Å². The number of carbonyl (C=O) groups excluding carboxylic acids is 3. The summed E-state index contributed by atoms with van der Waals surface area (Å²) in [5.41, 5.74) is 4.24. The standard InChI is InChI=1S/C39H44BrClN6O6S/c1-5-16-44(17-6-2)39(51)36-34(41)24(4)47(43-36)33-13-12-27(20-31(33)38(50)45-22-28-11-9-8-10-25(28)18-29(45)23-48)37(49)46(7-3)54(52,53)30-19-26-14-15-42-35(26)32(40)21-30/h8-13,19-21,29,42,48H,5-7,14-18,22-23H2,1-4H3/t29-/m0/s1. The normalized spacial score (nSPS) is 15.0. The van der Waals surface area contributed by atoms with Crippen LogP contribution in [0.15, 0.2) is 64.0 Å². The maximum Gasteiger partial charge on any atom is 0.275 e. The average Bonchev–Trinajstić information content (AvgIpc) is 3.77. The van der Waals surface area contributed by atoms with Crippen LogP contribution in [0.4, 0.5) is 5.69 Å². The van der Waals surface area contributed by atoms with E-state index < -0.39 is 27.9 Å². The number of hydrogen-bond acceptors (Lipinski definition) is 8. The van der Waals surface area contributed by atoms with Gasteiger partial charge in [-0.3, -0.25) is 14.4 Å². The highest BCUT2D eigenvalue weighted by Crippen LogP contribution is 2.36. The largest absolute Gasteiger partial charge is 0.394 e. The van der Waals surface area contributed by atoms with E-state index in [9.17, 15) is 27.9 Å². The van der Waals surface area contributed by atoms with Crippen LogP contribution in [-0.4, -0.2) is 94.0 Å². The van der Waals surface area contributed by atoms with Crippen molar-refractivity contribution in [1.82, 2.24) is 23.9 Å². The summed E-state index contributed by atoms with van der Waals surface area (Å²) in [6, 6.07) is 14.5. The molecule has 15 heteroatoms. The second kappa shape index (κ2) is 16.2. The van der Waals surface area contributed by atoms with Gasteiger partial charge in [-0.2, -0.15) is 5.10 Å². The fourth-order valence-corrected chi connectivity index (χ4v) is 9.69. The molecule has 0 saturated carbocycles. The zero-order chi connectivity index (χ0) is 38.9. The molecule has 2 aliphatic rings. The third-order valence-corrected chi connectivity index (χ3v) is 12.9. The van der Waals surface area contributed by atoms with Crippen LogP contribution in [0.1, 0.15) is 87.2 Å². The Balaban J connectivity index is 1.46. The molecule has 0 bridgehead atoms. The predicted molar refractivity (Wildman–Crippen MR) is 211 cm³/mol. The molecule has 3 heterocycles. The number of carbonyl (C=O) groups is 3. The van der Waals surface area contributed by atoms with Crippen LogP contribution < -0.4 is 5.32 Å². The Morgan fingerprint density at radius 1 is 1.00 bits per heavy atom. The van der Waals surface area contributed by atoms with Crippen LogP contribution >= 0.6 is 27.5 Å². The third kappa shape index (κ3) is 7.28. The minimum Gasteiger partial charge on any atom is -0.394 e. The zero-order valence-corrected chi connectivity index (χ0v) is 33.9. The second-order valence-corrected chi connectivity index (χ2v) is 16.6. The van der Waals surface area contributed by atoms with Crippen molar-refractivity contribution >= 4 is 61.0 Å². The molecule has 286 valence electrons. The number of sulfonamides is 1. The van der Waals surface area contributed by atoms with Gasteiger partial charge in [-0.25, -0.2) is 17.4 Å². The summed E-state index contributed by atoms with van der Waals surface area (Å²) in [4.78, 5) is 46.0. The number of fused-ring (bicyclic) bond motifs is 2. The lowest BCUT2D eigenvalue weighted by molar-refractivity contribution is 0.0544. The van der Waals surface area contributed by atoms with Crippen LogP contribution in [-0.2, 0) is 29.4 Å². The molecule has 0 aliphatic carbocycles. The molecule has 0 fully saturated rings. The van der Waals surface area contributed by atoms with Gasteiger partial charge in [-0.1, -0.05) is 49.7 Å². The number of benzene rings is 3. The summed E-state index contributed by atoms with van der Waals surface area (Å²) in [6.45, 7) is 8.65. The molecule has 2 aliphatic heterocycles. The number of aromatic nitrogens is 2. The second-order valence-electron chi connectivity index (χ2n) is 13.5. The molecule has 6 rings (SSSR count). The highest BCUT2D eigenvalue weighted by molar-refractivity contribution is 9.10. The molecule has 2 N–H and O–H groups in total. The first kappa shape index (κ1) is 39.5. The fourth-order valence-electron chi connectivity index (χ4n) is 7.22. The maximum absolute atomic E-state index is 14.8. The number of nitrogens with one attached hydrogen (secondary N) is 1. The van der Waals surface area contributed by atoms with E-state index in [0.717, 1.165) is 39.5 Å². The molecule has 1 aromatic heterocycles. The van der Waals surface area contributed by atoms with E-state index in [1.807, 2.05) is 38.1 Å². The topological polar surface area (TPSA) is 145 Å². The number of nitrogens with zero attached hydrogens (tertiary/aromatic N) is 5. The first-order chi connectivity index (χ1) is 25.9. The minimum absolute atomic E-state index is 0.0266. The molecular weight excluding hydrogens is 796 g/mol. The van der Waals surface area contributed by atoms with Gasteiger partial charge in [0.25, 0.3) is 27.7 Å². The smallest absolute Gasteiger partial charge is 0.275 e. The van der Waals surface area contributed by atoms with Gasteiger partial charge in [0, 0.05) is 42.8 Å². The Kier molecular flexibility index (Phi) is 11.9. The predicted octanol–water partition coefficient (Wildman–Crippen LogP) is 6.24. The number of halogens is 2. The van der Waals surface area contributed by atoms with E-state index in [4.69, 9.17) is 11.6 Å². The molecule has 3 amide bonds. The Labute approximate surface area is 329 Å². The fraction of sp³-hybridized carbons (Fsp3) is 0.385. The lowest BCUT2D eigenvalue weighted by atomic mass is 9.93. The summed E-state index contributed by atoms with van der Waals surface area (Å²) in [7, 11) is -4.32. The lowest BCUT2D eigenvalue weighted by Crippen LogP contribution is -2.46. The molecule has 3 aromatic carbocycles. The van der Waals surface area contributed by atoms with E-state index in [2.05, 4.69) is 26.3 Å². The summed E-state index contributed by atoms with van der Waals surface area (Å²) >= 11 is 10.3. The minimum atomic E-state index is -4.32. The quantitative estimate of drug-likeness (QED) is 0.171. The van der Waals surface area contributed by atoms with Gasteiger partial charge in [0.15, 0.2) is 5.69 Å². The van der Waals surface area contributed by atoms with Crippen molar-refractivity contribution in [1.29, 1.82) is 0 Å². The van der Waals surface area contributed by atoms with Crippen molar-refractivity contribution < 1.29 is 27.9 Å². The summed E-state index contributed by atoms with van der Waals surface area (Å²) < 4.78 is 30.9. The number of anilines is 1. The first-order valence-corrected chi connectivity index (χ1v) is 20.8. The number of hydrogen-bond donors (Lipinski definition) is 2. The summed E-state index contributed by atoms with van der Waals surface area (Å²) in [6.07, 6.45) is 2.54. The molecule has 1 atom stereocenters. The van der Waals surface area contributed by atoms with Crippen LogP contribution in [0.2, 0.25) is 5.02 Å². The monoisotopic (exact) mass is 838 g/mol. The van der Waals surface area contributed by atoms with Gasteiger partial charge >= 0.3 is 0 Å². The molecule has 12 nitrogen and oxygen atoms in total. The number of rotatable bonds is 12. The van der Waals surface area contributed by atoms with E-state index in [1.165, 1.54) is 28.9 Å². The Morgan fingerprint density at radius 3 is 2.37 bits per heavy atom. The first-order valence-electron chi connectivity index (χ1n) is 18.2. The summed E-state index contributed by atoms with van der Waals surface area (Å²) in [5.74, 6) is -1.67. The van der Waals surface area contributed by atoms with E-state index in [1.54, 1.807) is 29.7 Å². The maximum atomic E-state index is 14.8. The van der Waals surface area contributed by atoms with Gasteiger partial charge in [0.1, 0.15) is 0 Å². The summed E-state index contributed by atoms with van der Waals surface area (Å²) in [5, 5.41) is 18.5. The van der Waals surface area contributed by atoms with E-state index >= 15 is 0 Å². The van der Waals surface area contributed by atoms with Gasteiger partial charge < -0.3 is 20.2 Å². The van der Waals surface area contributed by atoms with Gasteiger partial charge in [0.2, 0.25) is 0 Å². The third-order valence-electron chi connectivity index (χ3n) is 9.99. The molecule has 54 heavy (non-hydrogen) atoms. The average molecular weight is 840 g/mol. The molecule has 0 unspecified atom stereocenters. The van der Waals surface area contributed by atoms with Gasteiger partial charge in [-0.15, -0.1) is 0 Å². The number of aliphatic hydroxyl groups excluding tert-OH is 1. The highest BCUT2D eigenvalue weighted by Gasteiger charge is 2.35. The SMILES string of the molecule is CCCN(CCC)C(=O)c1nn(-c2ccc(C(=O)N(CC)S(=O)(=O)c3cc(Br)c4c(c3)CCN4)cc2C(=O)N2Cc3ccccc3C[C@H]2CO)c(C)c1Cl. The van der Waals surface area contributed by atoms with Crippen molar-refractivity contribution in [2.24, 2.45) is 0 Å².